The highest BCUT2D eigenvalue weighted by Gasteiger charge is 2.25. The Morgan fingerprint density at radius 3 is 2.63 bits per heavy atom. The maximum Gasteiger partial charge on any atom is 0.342 e. The molecular formula is C20H20N4O3. The van der Waals surface area contributed by atoms with Crippen molar-refractivity contribution in [3.63, 3.8) is 0 Å². The molecule has 0 spiro atoms. The van der Waals surface area contributed by atoms with Gasteiger partial charge < -0.3 is 20.5 Å². The maximum absolute atomic E-state index is 12.4. The molecule has 4 rings (SSSR count). The molecule has 0 bridgehead atoms. The summed E-state index contributed by atoms with van der Waals surface area (Å²) in [6.45, 7) is 3.97. The molecule has 138 valence electrons. The van der Waals surface area contributed by atoms with Crippen molar-refractivity contribution in [2.45, 2.75) is 13.8 Å². The molecule has 0 radical (unpaired) electrons. The summed E-state index contributed by atoms with van der Waals surface area (Å²) in [6, 6.07) is 9.20. The summed E-state index contributed by atoms with van der Waals surface area (Å²) in [7, 11) is 1.58. The highest BCUT2D eigenvalue weighted by molar-refractivity contribution is 6.16. The third-order valence-electron chi connectivity index (χ3n) is 4.65. The number of aryl methyl sites for hydroxylation is 1. The standard InChI is InChI=1S/C20H20N4O3/c1-11-6-13(4-5-16(11)21)19-15-9-18-17(26-10-27-18)8-14(15)7-12(2)24(23-19)20(25)22-3/h4-9H,10,21H2,1-3H3,(H,22,25). The van der Waals surface area contributed by atoms with Crippen molar-refractivity contribution in [3.8, 4) is 11.5 Å². The van der Waals surface area contributed by atoms with E-state index in [1.54, 1.807) is 7.05 Å². The van der Waals surface area contributed by atoms with Crippen LogP contribution in [-0.2, 0) is 0 Å². The lowest BCUT2D eigenvalue weighted by molar-refractivity contribution is 0.174. The third-order valence-corrected chi connectivity index (χ3v) is 4.65. The first-order chi connectivity index (χ1) is 13.0. The van der Waals surface area contributed by atoms with Crippen LogP contribution in [0.25, 0.3) is 6.08 Å². The van der Waals surface area contributed by atoms with Crippen LogP contribution in [0.2, 0.25) is 0 Å². The van der Waals surface area contributed by atoms with Crippen molar-refractivity contribution in [1.82, 2.24) is 10.3 Å². The fourth-order valence-corrected chi connectivity index (χ4v) is 3.15. The minimum absolute atomic E-state index is 0.193. The molecule has 0 saturated heterocycles. The van der Waals surface area contributed by atoms with E-state index in [2.05, 4.69) is 10.4 Å². The first kappa shape index (κ1) is 17.0. The number of rotatable bonds is 1. The van der Waals surface area contributed by atoms with Crippen molar-refractivity contribution < 1.29 is 14.3 Å². The van der Waals surface area contributed by atoms with Gasteiger partial charge in [0.05, 0.1) is 5.71 Å². The SMILES string of the molecule is CNC(=O)N1N=C(c2ccc(N)c(C)c2)c2cc3c(cc2C=C1C)OCO3. The fourth-order valence-electron chi connectivity index (χ4n) is 3.15. The van der Waals surface area contributed by atoms with E-state index in [-0.39, 0.29) is 12.8 Å². The Bertz CT molecular complexity index is 1010. The summed E-state index contributed by atoms with van der Waals surface area (Å²) in [6.07, 6.45) is 1.91. The first-order valence-electron chi connectivity index (χ1n) is 8.57. The highest BCUT2D eigenvalue weighted by atomic mass is 16.7. The number of benzene rings is 2. The lowest BCUT2D eigenvalue weighted by Crippen LogP contribution is -2.33. The number of nitrogens with two attached hydrogens (primary N) is 1. The summed E-state index contributed by atoms with van der Waals surface area (Å²) in [5.74, 6) is 1.34. The fraction of sp³-hybridized carbons (Fsp3) is 0.200. The largest absolute Gasteiger partial charge is 0.454 e. The summed E-state index contributed by atoms with van der Waals surface area (Å²) in [4.78, 5) is 12.4. The number of carbonyl (C=O) groups excluding carboxylic acids is 1. The van der Waals surface area contributed by atoms with E-state index in [0.29, 0.717) is 28.6 Å². The first-order valence-corrected chi connectivity index (χ1v) is 8.57. The molecule has 2 aliphatic heterocycles. The third kappa shape index (κ3) is 2.87. The number of anilines is 1. The van der Waals surface area contributed by atoms with Gasteiger partial charge in [0.1, 0.15) is 0 Å². The van der Waals surface area contributed by atoms with Gasteiger partial charge in [-0.25, -0.2) is 4.79 Å². The number of amides is 2. The number of allylic oxidation sites excluding steroid dienone is 1. The molecule has 2 amide bonds. The topological polar surface area (TPSA) is 89.2 Å². The van der Waals surface area contributed by atoms with Crippen molar-refractivity contribution in [2.24, 2.45) is 5.10 Å². The molecule has 2 aromatic carbocycles. The van der Waals surface area contributed by atoms with Crippen molar-refractivity contribution in [1.29, 1.82) is 0 Å². The van der Waals surface area contributed by atoms with E-state index in [1.165, 1.54) is 5.01 Å². The van der Waals surface area contributed by atoms with Gasteiger partial charge in [-0.05, 0) is 55.3 Å². The Morgan fingerprint density at radius 1 is 1.19 bits per heavy atom. The Morgan fingerprint density at radius 2 is 1.93 bits per heavy atom. The molecule has 2 heterocycles. The monoisotopic (exact) mass is 364 g/mol. The molecule has 0 atom stereocenters. The minimum atomic E-state index is -0.318. The Balaban J connectivity index is 1.96. The van der Waals surface area contributed by atoms with Gasteiger partial charge >= 0.3 is 6.03 Å². The average molecular weight is 364 g/mol. The number of hydrogen-bond donors (Lipinski definition) is 2. The second-order valence-corrected chi connectivity index (χ2v) is 6.47. The van der Waals surface area contributed by atoms with Gasteiger partial charge in [0.2, 0.25) is 6.79 Å². The van der Waals surface area contributed by atoms with Crippen LogP contribution in [-0.4, -0.2) is 30.6 Å². The van der Waals surface area contributed by atoms with Crippen LogP contribution >= 0.6 is 0 Å². The van der Waals surface area contributed by atoms with Gasteiger partial charge in [0.25, 0.3) is 0 Å². The molecule has 0 aliphatic carbocycles. The van der Waals surface area contributed by atoms with Gasteiger partial charge in [0, 0.05) is 29.6 Å². The van der Waals surface area contributed by atoms with E-state index >= 15 is 0 Å². The van der Waals surface area contributed by atoms with Crippen molar-refractivity contribution in [2.75, 3.05) is 19.6 Å². The molecule has 0 saturated carbocycles. The molecule has 7 nitrogen and oxygen atoms in total. The Labute approximate surface area is 157 Å². The molecule has 0 unspecified atom stereocenters. The van der Waals surface area contributed by atoms with Crippen LogP contribution in [0.3, 0.4) is 0 Å². The van der Waals surface area contributed by atoms with Crippen LogP contribution < -0.4 is 20.5 Å². The van der Waals surface area contributed by atoms with E-state index in [4.69, 9.17) is 15.2 Å². The van der Waals surface area contributed by atoms with Crippen molar-refractivity contribution in [3.05, 3.63) is 58.3 Å². The average Bonchev–Trinajstić information content (AvgIpc) is 3.05. The number of ether oxygens (including phenoxy) is 2. The molecule has 0 aromatic heterocycles. The van der Waals surface area contributed by atoms with Gasteiger partial charge in [-0.2, -0.15) is 10.1 Å². The van der Waals surface area contributed by atoms with Gasteiger partial charge in [0.15, 0.2) is 11.5 Å². The van der Waals surface area contributed by atoms with Crippen LogP contribution in [0.5, 0.6) is 11.5 Å². The van der Waals surface area contributed by atoms with Gasteiger partial charge in [-0.15, -0.1) is 0 Å². The number of fused-ring (bicyclic) bond motifs is 2. The van der Waals surface area contributed by atoms with E-state index in [0.717, 1.165) is 22.3 Å². The van der Waals surface area contributed by atoms with Gasteiger partial charge in [-0.1, -0.05) is 6.07 Å². The number of urea groups is 1. The number of hydrazone groups is 1. The quantitative estimate of drug-likeness (QED) is 0.761. The molecule has 0 fully saturated rings. The zero-order chi connectivity index (χ0) is 19.1. The van der Waals surface area contributed by atoms with Crippen molar-refractivity contribution >= 4 is 23.5 Å². The second kappa shape index (κ2) is 6.35. The number of hydrogen-bond acceptors (Lipinski definition) is 5. The van der Waals surface area contributed by atoms with Gasteiger partial charge in [-0.3, -0.25) is 0 Å². The van der Waals surface area contributed by atoms with Crippen LogP contribution in [0.1, 0.15) is 29.2 Å². The van der Waals surface area contributed by atoms with E-state index < -0.39 is 0 Å². The summed E-state index contributed by atoms with van der Waals surface area (Å²) in [5, 5.41) is 8.65. The molecule has 2 aromatic rings. The molecule has 7 heteroatoms. The number of nitrogens with one attached hydrogen (secondary N) is 1. The predicted octanol–water partition coefficient (Wildman–Crippen LogP) is 3.07. The minimum Gasteiger partial charge on any atom is -0.454 e. The smallest absolute Gasteiger partial charge is 0.342 e. The Hall–Kier alpha value is -3.48. The lowest BCUT2D eigenvalue weighted by atomic mass is 9.95. The molecular weight excluding hydrogens is 344 g/mol. The highest BCUT2D eigenvalue weighted by Crippen LogP contribution is 2.38. The normalized spacial score (nSPS) is 14.9. The second-order valence-electron chi connectivity index (χ2n) is 6.47. The Kier molecular flexibility index (Phi) is 3.99. The molecule has 3 N–H and O–H groups in total. The summed E-state index contributed by atoms with van der Waals surface area (Å²) < 4.78 is 11.1. The zero-order valence-corrected chi connectivity index (χ0v) is 15.4. The van der Waals surface area contributed by atoms with Crippen LogP contribution in [0.4, 0.5) is 10.5 Å². The summed E-state index contributed by atoms with van der Waals surface area (Å²) >= 11 is 0. The van der Waals surface area contributed by atoms with E-state index in [9.17, 15) is 4.79 Å². The van der Waals surface area contributed by atoms with Crippen LogP contribution in [0.15, 0.2) is 41.1 Å². The number of nitrogen functional groups attached to an aromatic ring is 1. The molecule has 2 aliphatic rings. The number of nitrogens with zero attached hydrogens (tertiary/aromatic N) is 2. The maximum atomic E-state index is 12.4. The molecule has 27 heavy (non-hydrogen) atoms. The summed E-state index contributed by atoms with van der Waals surface area (Å²) in [5.41, 5.74) is 11.6. The van der Waals surface area contributed by atoms with Crippen LogP contribution in [0, 0.1) is 6.92 Å². The number of carbonyl (C=O) groups is 1. The van der Waals surface area contributed by atoms with E-state index in [1.807, 2.05) is 50.3 Å². The lowest BCUT2D eigenvalue weighted by Gasteiger charge is -2.17. The predicted molar refractivity (Wildman–Crippen MR) is 104 cm³/mol. The zero-order valence-electron chi connectivity index (χ0n) is 15.4.